The molecule has 2 nitrogen and oxygen atoms in total. The lowest BCUT2D eigenvalue weighted by Crippen LogP contribution is -2.30. The molecule has 0 aliphatic rings. The highest BCUT2D eigenvalue weighted by Gasteiger charge is 2.26. The van der Waals surface area contributed by atoms with Crippen LogP contribution in [0.5, 0.6) is 0 Å². The minimum Gasteiger partial charge on any atom is -0.388 e. The second-order valence-corrected chi connectivity index (χ2v) is 6.47. The molecular weight excluding hydrogens is 306 g/mol. The van der Waals surface area contributed by atoms with Gasteiger partial charge in [0.05, 0.1) is 6.10 Å². The molecule has 3 aromatic carbocycles. The first-order valence-corrected chi connectivity index (χ1v) is 8.81. The van der Waals surface area contributed by atoms with Crippen molar-refractivity contribution < 1.29 is 5.11 Å². The molecule has 3 atom stereocenters. The van der Waals surface area contributed by atoms with Gasteiger partial charge in [0.25, 0.3) is 0 Å². The summed E-state index contributed by atoms with van der Waals surface area (Å²) in [5.74, 6) is 0.0357. The van der Waals surface area contributed by atoms with Gasteiger partial charge < -0.3 is 10.4 Å². The van der Waals surface area contributed by atoms with Crippen LogP contribution in [0.15, 0.2) is 91.0 Å². The summed E-state index contributed by atoms with van der Waals surface area (Å²) >= 11 is 0. The van der Waals surface area contributed by atoms with E-state index >= 15 is 0 Å². The third kappa shape index (κ3) is 4.56. The summed E-state index contributed by atoms with van der Waals surface area (Å²) in [5, 5.41) is 14.5. The van der Waals surface area contributed by atoms with Gasteiger partial charge in [-0.1, -0.05) is 97.9 Å². The van der Waals surface area contributed by atoms with E-state index in [1.54, 1.807) is 0 Å². The lowest BCUT2D eigenvalue weighted by molar-refractivity contribution is 0.0931. The molecule has 0 aliphatic heterocycles. The van der Waals surface area contributed by atoms with E-state index in [4.69, 9.17) is 0 Å². The monoisotopic (exact) mass is 331 g/mol. The average molecular weight is 331 g/mol. The minimum atomic E-state index is -0.519. The average Bonchev–Trinajstić information content (AvgIpc) is 2.69. The molecule has 0 radical (unpaired) electrons. The molecule has 0 unspecified atom stereocenters. The second kappa shape index (κ2) is 8.61. The van der Waals surface area contributed by atoms with Crippen LogP contribution in [-0.2, 0) is 6.54 Å². The maximum absolute atomic E-state index is 10.9. The van der Waals surface area contributed by atoms with Gasteiger partial charge in [-0.25, -0.2) is 0 Å². The first-order chi connectivity index (χ1) is 12.3. The highest BCUT2D eigenvalue weighted by Crippen LogP contribution is 2.32. The van der Waals surface area contributed by atoms with Crippen LogP contribution in [0.4, 0.5) is 0 Å². The predicted molar refractivity (Wildman–Crippen MR) is 103 cm³/mol. The largest absolute Gasteiger partial charge is 0.388 e. The van der Waals surface area contributed by atoms with E-state index in [-0.39, 0.29) is 12.0 Å². The van der Waals surface area contributed by atoms with Crippen LogP contribution in [0, 0.1) is 5.92 Å². The Balaban J connectivity index is 1.80. The van der Waals surface area contributed by atoms with Crippen molar-refractivity contribution >= 4 is 0 Å². The number of hydrogen-bond donors (Lipinski definition) is 2. The van der Waals surface area contributed by atoms with Gasteiger partial charge in [0.15, 0.2) is 0 Å². The van der Waals surface area contributed by atoms with Crippen molar-refractivity contribution in [3.63, 3.8) is 0 Å². The Morgan fingerprint density at radius 1 is 0.720 bits per heavy atom. The SMILES string of the molecule is C[C@H]([C@H](NCc1ccccc1)c1ccccc1)[C@@H](O)c1ccccc1. The van der Waals surface area contributed by atoms with Crippen molar-refractivity contribution in [2.45, 2.75) is 25.6 Å². The third-order valence-corrected chi connectivity index (χ3v) is 4.69. The van der Waals surface area contributed by atoms with Gasteiger partial charge in [0.2, 0.25) is 0 Å². The fourth-order valence-electron chi connectivity index (χ4n) is 3.23. The predicted octanol–water partition coefficient (Wildman–Crippen LogP) is 4.89. The molecule has 0 fully saturated rings. The zero-order valence-electron chi connectivity index (χ0n) is 14.5. The molecule has 0 heterocycles. The summed E-state index contributed by atoms with van der Waals surface area (Å²) in [6, 6.07) is 30.7. The Labute approximate surface area is 150 Å². The molecular formula is C23H25NO. The minimum absolute atomic E-state index is 0.0357. The van der Waals surface area contributed by atoms with Gasteiger partial charge in [0.1, 0.15) is 0 Å². The Kier molecular flexibility index (Phi) is 5.99. The summed E-state index contributed by atoms with van der Waals surface area (Å²) < 4.78 is 0. The normalized spacial score (nSPS) is 14.6. The maximum Gasteiger partial charge on any atom is 0.0833 e. The Bertz CT molecular complexity index is 743. The second-order valence-electron chi connectivity index (χ2n) is 6.47. The Morgan fingerprint density at radius 3 is 1.76 bits per heavy atom. The van der Waals surface area contributed by atoms with E-state index in [1.165, 1.54) is 11.1 Å². The van der Waals surface area contributed by atoms with E-state index in [2.05, 4.69) is 48.6 Å². The molecule has 0 saturated carbocycles. The standard InChI is InChI=1S/C23H25NO/c1-18(23(25)21-15-9-4-10-16-21)22(20-13-7-3-8-14-20)24-17-19-11-5-2-6-12-19/h2-16,18,22-25H,17H2,1H3/t18-,22+,23-/m1/s1. The van der Waals surface area contributed by atoms with Gasteiger partial charge in [-0.2, -0.15) is 0 Å². The highest BCUT2D eigenvalue weighted by atomic mass is 16.3. The first kappa shape index (κ1) is 17.4. The number of benzene rings is 3. The molecule has 2 N–H and O–H groups in total. The topological polar surface area (TPSA) is 32.3 Å². The molecule has 0 aromatic heterocycles. The smallest absolute Gasteiger partial charge is 0.0833 e. The van der Waals surface area contributed by atoms with Crippen molar-refractivity contribution in [2.75, 3.05) is 0 Å². The third-order valence-electron chi connectivity index (χ3n) is 4.69. The Hall–Kier alpha value is -2.42. The van der Waals surface area contributed by atoms with Crippen LogP contribution >= 0.6 is 0 Å². The Morgan fingerprint density at radius 2 is 1.20 bits per heavy atom. The molecule has 3 rings (SSSR count). The van der Waals surface area contributed by atoms with E-state index in [0.717, 1.165) is 12.1 Å². The summed E-state index contributed by atoms with van der Waals surface area (Å²) in [6.45, 7) is 2.87. The fourth-order valence-corrected chi connectivity index (χ4v) is 3.23. The number of aliphatic hydroxyl groups is 1. The van der Waals surface area contributed by atoms with E-state index in [1.807, 2.05) is 54.6 Å². The quantitative estimate of drug-likeness (QED) is 0.646. The first-order valence-electron chi connectivity index (χ1n) is 8.81. The number of rotatable bonds is 7. The lowest BCUT2D eigenvalue weighted by atomic mass is 9.86. The van der Waals surface area contributed by atoms with Gasteiger partial charge in [-0.3, -0.25) is 0 Å². The molecule has 0 amide bonds. The molecule has 25 heavy (non-hydrogen) atoms. The van der Waals surface area contributed by atoms with Crippen molar-refractivity contribution in [3.05, 3.63) is 108 Å². The van der Waals surface area contributed by atoms with Gasteiger partial charge in [-0.15, -0.1) is 0 Å². The van der Waals surface area contributed by atoms with Crippen molar-refractivity contribution in [2.24, 2.45) is 5.92 Å². The summed E-state index contributed by atoms with van der Waals surface area (Å²) in [6.07, 6.45) is -0.519. The summed E-state index contributed by atoms with van der Waals surface area (Å²) in [4.78, 5) is 0. The fraction of sp³-hybridized carbons (Fsp3) is 0.217. The van der Waals surface area contributed by atoms with Crippen LogP contribution in [0.3, 0.4) is 0 Å². The molecule has 0 spiro atoms. The van der Waals surface area contributed by atoms with Crippen LogP contribution in [-0.4, -0.2) is 5.11 Å². The molecule has 0 bridgehead atoms. The number of hydrogen-bond acceptors (Lipinski definition) is 2. The zero-order chi connectivity index (χ0) is 17.5. The van der Waals surface area contributed by atoms with Crippen LogP contribution < -0.4 is 5.32 Å². The molecule has 0 aliphatic carbocycles. The van der Waals surface area contributed by atoms with Crippen molar-refractivity contribution in [3.8, 4) is 0 Å². The number of aliphatic hydroxyl groups excluding tert-OH is 1. The molecule has 3 aromatic rings. The molecule has 2 heteroatoms. The van der Waals surface area contributed by atoms with Crippen molar-refractivity contribution in [1.29, 1.82) is 0 Å². The van der Waals surface area contributed by atoms with Gasteiger partial charge in [-0.05, 0) is 16.7 Å². The van der Waals surface area contributed by atoms with Crippen LogP contribution in [0.25, 0.3) is 0 Å². The van der Waals surface area contributed by atoms with Crippen molar-refractivity contribution in [1.82, 2.24) is 5.32 Å². The van der Waals surface area contributed by atoms with Crippen LogP contribution in [0.1, 0.15) is 35.8 Å². The zero-order valence-corrected chi connectivity index (χ0v) is 14.5. The van der Waals surface area contributed by atoms with E-state index in [0.29, 0.717) is 0 Å². The summed E-state index contributed by atoms with van der Waals surface area (Å²) in [5.41, 5.74) is 3.39. The van der Waals surface area contributed by atoms with E-state index in [9.17, 15) is 5.11 Å². The molecule has 128 valence electrons. The number of nitrogens with one attached hydrogen (secondary N) is 1. The summed E-state index contributed by atoms with van der Waals surface area (Å²) in [7, 11) is 0. The molecule has 0 saturated heterocycles. The van der Waals surface area contributed by atoms with Crippen LogP contribution in [0.2, 0.25) is 0 Å². The highest BCUT2D eigenvalue weighted by molar-refractivity contribution is 5.24. The maximum atomic E-state index is 10.9. The van der Waals surface area contributed by atoms with Gasteiger partial charge in [0, 0.05) is 18.5 Å². The van der Waals surface area contributed by atoms with E-state index < -0.39 is 6.10 Å². The lowest BCUT2D eigenvalue weighted by Gasteiger charge is -2.30. The van der Waals surface area contributed by atoms with Gasteiger partial charge >= 0.3 is 0 Å².